The zero-order valence-corrected chi connectivity index (χ0v) is 18.0. The van der Waals surface area contributed by atoms with Crippen molar-refractivity contribution in [3.8, 4) is 11.5 Å². The lowest BCUT2D eigenvalue weighted by Crippen LogP contribution is -2.47. The molecule has 0 bridgehead atoms. The number of ether oxygens (including phenoxy) is 2. The van der Waals surface area contributed by atoms with E-state index in [1.54, 1.807) is 48.5 Å². The molecule has 1 aliphatic rings. The molecule has 0 aliphatic carbocycles. The minimum Gasteiger partial charge on any atom is -0.491 e. The van der Waals surface area contributed by atoms with Gasteiger partial charge in [0, 0.05) is 35.7 Å². The van der Waals surface area contributed by atoms with E-state index in [-0.39, 0.29) is 25.2 Å². The summed E-state index contributed by atoms with van der Waals surface area (Å²) in [7, 11) is 0. The van der Waals surface area contributed by atoms with E-state index >= 15 is 0 Å². The van der Waals surface area contributed by atoms with Gasteiger partial charge in [-0.15, -0.1) is 0 Å². The van der Waals surface area contributed by atoms with Gasteiger partial charge in [0.2, 0.25) is 0 Å². The fourth-order valence-electron chi connectivity index (χ4n) is 3.26. The van der Waals surface area contributed by atoms with Crippen molar-refractivity contribution in [2.75, 3.05) is 32.8 Å². The second-order valence-corrected chi connectivity index (χ2v) is 8.12. The number of hydrogen-bond donors (Lipinski definition) is 1. The lowest BCUT2D eigenvalue weighted by molar-refractivity contribution is -0.124. The van der Waals surface area contributed by atoms with Gasteiger partial charge in [-0.2, -0.15) is 0 Å². The van der Waals surface area contributed by atoms with Crippen molar-refractivity contribution in [3.63, 3.8) is 0 Å². The van der Waals surface area contributed by atoms with E-state index in [0.717, 1.165) is 25.9 Å². The van der Waals surface area contributed by atoms with Crippen LogP contribution in [0, 0.1) is 0 Å². The first-order chi connectivity index (χ1) is 14.5. The summed E-state index contributed by atoms with van der Waals surface area (Å²) in [6, 6.07) is 13.8. The zero-order valence-electron chi connectivity index (χ0n) is 16.5. The number of carbonyl (C=O) groups excluding carboxylic acids is 1. The summed E-state index contributed by atoms with van der Waals surface area (Å²) in [5, 5.41) is 4.21. The molecule has 1 amide bonds. The van der Waals surface area contributed by atoms with Gasteiger partial charge in [-0.25, -0.2) is 4.39 Å². The van der Waals surface area contributed by atoms with E-state index in [0.29, 0.717) is 28.1 Å². The monoisotopic (exact) mass is 454 g/mol. The number of nitrogens with one attached hydrogen (secondary N) is 1. The second-order valence-electron chi connectivity index (χ2n) is 7.25. The Hall–Kier alpha value is -2.02. The Balaban J connectivity index is 1.30. The molecule has 162 valence electrons. The molecule has 1 heterocycles. The largest absolute Gasteiger partial charge is 0.491 e. The Kier molecular flexibility index (Phi) is 8.61. The van der Waals surface area contributed by atoms with Gasteiger partial charge in [-0.3, -0.25) is 4.79 Å². The molecule has 0 aromatic heterocycles. The van der Waals surface area contributed by atoms with Crippen LogP contribution in [0.4, 0.5) is 4.39 Å². The van der Waals surface area contributed by atoms with Gasteiger partial charge in [-0.05, 0) is 61.4 Å². The van der Waals surface area contributed by atoms with Crippen LogP contribution in [0.15, 0.2) is 48.5 Å². The number of nitrogens with zero attached hydrogens (tertiary/aromatic N) is 1. The lowest BCUT2D eigenvalue weighted by Gasteiger charge is -2.33. The summed E-state index contributed by atoms with van der Waals surface area (Å²) in [6.45, 7) is 1.72. The molecular formula is C22H25Cl2FN2O3. The summed E-state index contributed by atoms with van der Waals surface area (Å²) in [5.74, 6) is 1.03. The van der Waals surface area contributed by atoms with Crippen LogP contribution in [-0.4, -0.2) is 55.9 Å². The molecule has 1 atom stereocenters. The Morgan fingerprint density at radius 2 is 1.53 bits per heavy atom. The number of carbonyl (C=O) groups is 1. The molecule has 0 saturated carbocycles. The summed E-state index contributed by atoms with van der Waals surface area (Å²) in [4.78, 5) is 14.1. The van der Waals surface area contributed by atoms with E-state index in [4.69, 9.17) is 32.7 Å². The molecule has 1 N–H and O–H groups in total. The highest BCUT2D eigenvalue weighted by Gasteiger charge is 2.23. The molecule has 0 unspecified atom stereocenters. The molecule has 1 aliphatic heterocycles. The SMILES string of the molecule is O=C(COc1ccc(Cl)cc1)NC1CCN(C[C@H](F)COc2ccc(Cl)cc2)CC1. The summed E-state index contributed by atoms with van der Waals surface area (Å²) >= 11 is 11.6. The van der Waals surface area contributed by atoms with Gasteiger partial charge in [-0.1, -0.05) is 23.2 Å². The van der Waals surface area contributed by atoms with Crippen molar-refractivity contribution in [3.05, 3.63) is 58.6 Å². The fraction of sp³-hybridized carbons (Fsp3) is 0.409. The van der Waals surface area contributed by atoms with Crippen LogP contribution in [0.5, 0.6) is 11.5 Å². The number of alkyl halides is 1. The Morgan fingerprint density at radius 1 is 1.00 bits per heavy atom. The standard InChI is InChI=1S/C22H25Cl2FN2O3/c23-16-1-5-20(6-2-16)29-14-18(25)13-27-11-9-19(10-12-27)26-22(28)15-30-21-7-3-17(24)4-8-21/h1-8,18-19H,9-15H2,(H,26,28)/t18-/m0/s1. The van der Waals surface area contributed by atoms with Crippen LogP contribution in [0.3, 0.4) is 0 Å². The molecule has 2 aromatic carbocycles. The third-order valence-corrected chi connectivity index (χ3v) is 5.34. The molecule has 30 heavy (non-hydrogen) atoms. The van der Waals surface area contributed by atoms with Gasteiger partial charge in [0.15, 0.2) is 6.61 Å². The quantitative estimate of drug-likeness (QED) is 0.610. The van der Waals surface area contributed by atoms with Crippen molar-refractivity contribution in [2.45, 2.75) is 25.1 Å². The van der Waals surface area contributed by atoms with Crippen LogP contribution in [0.25, 0.3) is 0 Å². The van der Waals surface area contributed by atoms with Crippen LogP contribution in [-0.2, 0) is 4.79 Å². The maximum Gasteiger partial charge on any atom is 0.258 e. The smallest absolute Gasteiger partial charge is 0.258 e. The predicted octanol–water partition coefficient (Wildman–Crippen LogP) is 4.37. The molecule has 1 saturated heterocycles. The first kappa shape index (κ1) is 22.7. The van der Waals surface area contributed by atoms with Crippen molar-refractivity contribution < 1.29 is 18.7 Å². The van der Waals surface area contributed by atoms with E-state index in [1.807, 2.05) is 0 Å². The molecule has 2 aromatic rings. The van der Waals surface area contributed by atoms with Crippen molar-refractivity contribution >= 4 is 29.1 Å². The number of hydrogen-bond acceptors (Lipinski definition) is 4. The minimum atomic E-state index is -1.08. The normalized spacial score (nSPS) is 16.1. The summed E-state index contributed by atoms with van der Waals surface area (Å²) < 4.78 is 25.2. The van der Waals surface area contributed by atoms with Crippen molar-refractivity contribution in [1.82, 2.24) is 10.2 Å². The number of rotatable bonds is 9. The van der Waals surface area contributed by atoms with Crippen LogP contribution < -0.4 is 14.8 Å². The highest BCUT2D eigenvalue weighted by atomic mass is 35.5. The maximum absolute atomic E-state index is 14.3. The molecule has 1 fully saturated rings. The summed E-state index contributed by atoms with van der Waals surface area (Å²) in [6.07, 6.45) is 0.467. The summed E-state index contributed by atoms with van der Waals surface area (Å²) in [5.41, 5.74) is 0. The van der Waals surface area contributed by atoms with Crippen molar-refractivity contribution in [1.29, 1.82) is 0 Å². The third kappa shape index (κ3) is 7.67. The predicted molar refractivity (Wildman–Crippen MR) is 116 cm³/mol. The molecule has 5 nitrogen and oxygen atoms in total. The first-order valence-electron chi connectivity index (χ1n) is 9.90. The number of likely N-dealkylation sites (tertiary alicyclic amines) is 1. The lowest BCUT2D eigenvalue weighted by atomic mass is 10.0. The van der Waals surface area contributed by atoms with E-state index in [9.17, 15) is 9.18 Å². The van der Waals surface area contributed by atoms with Crippen LogP contribution in [0.2, 0.25) is 10.0 Å². The van der Waals surface area contributed by atoms with Crippen LogP contribution in [0.1, 0.15) is 12.8 Å². The van der Waals surface area contributed by atoms with Gasteiger partial charge >= 0.3 is 0 Å². The van der Waals surface area contributed by atoms with E-state index < -0.39 is 6.17 Å². The maximum atomic E-state index is 14.3. The van der Waals surface area contributed by atoms with Gasteiger partial charge < -0.3 is 19.7 Å². The second kappa shape index (κ2) is 11.4. The fourth-order valence-corrected chi connectivity index (χ4v) is 3.51. The average Bonchev–Trinajstić information content (AvgIpc) is 2.74. The van der Waals surface area contributed by atoms with Gasteiger partial charge in [0.05, 0.1) is 0 Å². The number of halogens is 3. The highest BCUT2D eigenvalue weighted by Crippen LogP contribution is 2.17. The van der Waals surface area contributed by atoms with Gasteiger partial charge in [0.1, 0.15) is 24.3 Å². The minimum absolute atomic E-state index is 0.000331. The number of piperidine rings is 1. The molecular weight excluding hydrogens is 430 g/mol. The van der Waals surface area contributed by atoms with E-state index in [1.165, 1.54) is 0 Å². The Bertz CT molecular complexity index is 797. The number of amides is 1. The molecule has 3 rings (SSSR count). The zero-order chi connectivity index (χ0) is 21.3. The Labute approximate surface area is 186 Å². The highest BCUT2D eigenvalue weighted by molar-refractivity contribution is 6.30. The third-order valence-electron chi connectivity index (χ3n) is 4.84. The molecule has 0 spiro atoms. The molecule has 0 radical (unpaired) electrons. The van der Waals surface area contributed by atoms with E-state index in [2.05, 4.69) is 10.2 Å². The van der Waals surface area contributed by atoms with Gasteiger partial charge in [0.25, 0.3) is 5.91 Å². The first-order valence-corrected chi connectivity index (χ1v) is 10.7. The van der Waals surface area contributed by atoms with Crippen LogP contribution >= 0.6 is 23.2 Å². The Morgan fingerprint density at radius 3 is 2.10 bits per heavy atom. The van der Waals surface area contributed by atoms with Crippen molar-refractivity contribution in [2.24, 2.45) is 0 Å². The topological polar surface area (TPSA) is 50.8 Å². The molecule has 8 heteroatoms. The number of benzene rings is 2. The average molecular weight is 455 g/mol.